The van der Waals surface area contributed by atoms with Gasteiger partial charge in [-0.1, -0.05) is 30.3 Å². The maximum absolute atomic E-state index is 12.4. The second-order valence-corrected chi connectivity index (χ2v) is 5.17. The summed E-state index contributed by atoms with van der Waals surface area (Å²) in [6, 6.07) is 9.34. The Morgan fingerprint density at radius 2 is 2.10 bits per heavy atom. The van der Waals surface area contributed by atoms with Crippen LogP contribution in [0.2, 0.25) is 0 Å². The molecule has 0 aromatic heterocycles. The molecule has 0 bridgehead atoms. The number of rotatable bonds is 6. The van der Waals surface area contributed by atoms with Crippen LogP contribution in [0.25, 0.3) is 0 Å². The van der Waals surface area contributed by atoms with Crippen LogP contribution in [0.15, 0.2) is 30.3 Å². The molecule has 5 heteroatoms. The second-order valence-electron chi connectivity index (χ2n) is 5.17. The highest BCUT2D eigenvalue weighted by atomic mass is 35.5. The molecular formula is C16H24ClNO3. The molecule has 1 aliphatic heterocycles. The van der Waals surface area contributed by atoms with Crippen LogP contribution in [-0.2, 0) is 4.74 Å². The van der Waals surface area contributed by atoms with Gasteiger partial charge in [0.15, 0.2) is 5.78 Å². The number of carbonyl (C=O) groups is 1. The van der Waals surface area contributed by atoms with Gasteiger partial charge in [0.25, 0.3) is 0 Å². The number of likely N-dealkylation sites (tertiary alicyclic amines) is 1. The van der Waals surface area contributed by atoms with Gasteiger partial charge in [0.1, 0.15) is 6.23 Å². The van der Waals surface area contributed by atoms with Crippen molar-refractivity contribution >= 4 is 18.2 Å². The molecule has 118 valence electrons. The molecule has 0 radical (unpaired) electrons. The summed E-state index contributed by atoms with van der Waals surface area (Å²) in [5, 5.41) is 10.2. The molecule has 0 aliphatic carbocycles. The van der Waals surface area contributed by atoms with Gasteiger partial charge in [-0.25, -0.2) is 0 Å². The number of benzene rings is 1. The topological polar surface area (TPSA) is 49.8 Å². The molecule has 1 fully saturated rings. The Morgan fingerprint density at radius 1 is 1.38 bits per heavy atom. The maximum Gasteiger partial charge on any atom is 0.166 e. The monoisotopic (exact) mass is 313 g/mol. The molecule has 2 rings (SSSR count). The van der Waals surface area contributed by atoms with E-state index >= 15 is 0 Å². The third-order valence-electron chi connectivity index (χ3n) is 3.84. The number of nitrogens with zero attached hydrogens (tertiary/aromatic N) is 1. The van der Waals surface area contributed by atoms with Crippen LogP contribution in [0.4, 0.5) is 0 Å². The fourth-order valence-corrected chi connectivity index (χ4v) is 2.66. The Labute approximate surface area is 132 Å². The first-order valence-corrected chi connectivity index (χ1v) is 7.31. The average Bonchev–Trinajstić information content (AvgIpc) is 2.49. The van der Waals surface area contributed by atoms with Crippen molar-refractivity contribution in [2.75, 3.05) is 26.3 Å². The standard InChI is InChI=1S/C16H23NO3.ClH/c1-2-20-11-10-17-9-8-14(12-15(17)18)16(19)13-6-4-3-5-7-13;/h3-7,14-15,18H,2,8-12H2,1H3;1H. The van der Waals surface area contributed by atoms with Gasteiger partial charge in [-0.05, 0) is 19.8 Å². The lowest BCUT2D eigenvalue weighted by Gasteiger charge is -2.35. The van der Waals surface area contributed by atoms with Gasteiger partial charge in [-0.2, -0.15) is 0 Å². The predicted octanol–water partition coefficient (Wildman–Crippen LogP) is 2.36. The van der Waals surface area contributed by atoms with E-state index in [1.165, 1.54) is 0 Å². The first kappa shape index (κ1) is 18.1. The summed E-state index contributed by atoms with van der Waals surface area (Å²) >= 11 is 0. The van der Waals surface area contributed by atoms with Crippen LogP contribution < -0.4 is 0 Å². The van der Waals surface area contributed by atoms with Crippen LogP contribution in [-0.4, -0.2) is 48.3 Å². The fraction of sp³-hybridized carbons (Fsp3) is 0.562. The molecule has 0 spiro atoms. The van der Waals surface area contributed by atoms with Gasteiger partial charge in [-0.15, -0.1) is 12.4 Å². The minimum atomic E-state index is -0.540. The first-order chi connectivity index (χ1) is 9.72. The number of hydrogen-bond acceptors (Lipinski definition) is 4. The summed E-state index contributed by atoms with van der Waals surface area (Å²) < 4.78 is 5.31. The highest BCUT2D eigenvalue weighted by Gasteiger charge is 2.31. The van der Waals surface area contributed by atoms with Crippen molar-refractivity contribution in [3.63, 3.8) is 0 Å². The molecule has 0 saturated carbocycles. The molecule has 0 amide bonds. The van der Waals surface area contributed by atoms with Crippen LogP contribution in [0.5, 0.6) is 0 Å². The summed E-state index contributed by atoms with van der Waals surface area (Å²) in [4.78, 5) is 14.3. The Hall–Kier alpha value is -0.940. The van der Waals surface area contributed by atoms with E-state index in [-0.39, 0.29) is 24.1 Å². The first-order valence-electron chi connectivity index (χ1n) is 7.31. The molecule has 2 unspecified atom stereocenters. The van der Waals surface area contributed by atoms with E-state index in [1.54, 1.807) is 0 Å². The predicted molar refractivity (Wildman–Crippen MR) is 84.8 cm³/mol. The normalized spacial score (nSPS) is 22.6. The fourth-order valence-electron chi connectivity index (χ4n) is 2.66. The molecular weight excluding hydrogens is 290 g/mol. The Kier molecular flexibility index (Phi) is 7.89. The molecule has 21 heavy (non-hydrogen) atoms. The van der Waals surface area contributed by atoms with Crippen molar-refractivity contribution in [1.29, 1.82) is 0 Å². The van der Waals surface area contributed by atoms with Crippen molar-refractivity contribution in [2.24, 2.45) is 5.92 Å². The van der Waals surface area contributed by atoms with E-state index in [0.717, 1.165) is 25.1 Å². The largest absolute Gasteiger partial charge is 0.380 e. The van der Waals surface area contributed by atoms with E-state index < -0.39 is 6.23 Å². The SMILES string of the molecule is CCOCCN1CCC(C(=O)c2ccccc2)CC1O.Cl. The van der Waals surface area contributed by atoms with E-state index in [4.69, 9.17) is 4.74 Å². The zero-order valence-electron chi connectivity index (χ0n) is 12.4. The average molecular weight is 314 g/mol. The van der Waals surface area contributed by atoms with Gasteiger partial charge in [-0.3, -0.25) is 9.69 Å². The van der Waals surface area contributed by atoms with Crippen molar-refractivity contribution in [1.82, 2.24) is 4.90 Å². The smallest absolute Gasteiger partial charge is 0.166 e. The summed E-state index contributed by atoms with van der Waals surface area (Å²) in [5.41, 5.74) is 0.743. The number of piperidine rings is 1. The Balaban J connectivity index is 0.00000220. The highest BCUT2D eigenvalue weighted by Crippen LogP contribution is 2.24. The molecule has 1 aliphatic rings. The van der Waals surface area contributed by atoms with Crippen LogP contribution >= 0.6 is 12.4 Å². The van der Waals surface area contributed by atoms with Crippen LogP contribution in [0.1, 0.15) is 30.1 Å². The molecule has 4 nitrogen and oxygen atoms in total. The minimum Gasteiger partial charge on any atom is -0.380 e. The van der Waals surface area contributed by atoms with Crippen molar-refractivity contribution in [3.05, 3.63) is 35.9 Å². The van der Waals surface area contributed by atoms with Gasteiger partial charge in [0.2, 0.25) is 0 Å². The molecule has 2 atom stereocenters. The lowest BCUT2D eigenvalue weighted by atomic mass is 9.88. The lowest BCUT2D eigenvalue weighted by molar-refractivity contribution is -0.0492. The molecule has 1 heterocycles. The Morgan fingerprint density at radius 3 is 2.71 bits per heavy atom. The molecule has 1 N–H and O–H groups in total. The minimum absolute atomic E-state index is 0. The zero-order chi connectivity index (χ0) is 14.4. The van der Waals surface area contributed by atoms with E-state index in [2.05, 4.69) is 0 Å². The number of carbonyl (C=O) groups excluding carboxylic acids is 1. The second kappa shape index (κ2) is 9.15. The number of aliphatic hydroxyl groups is 1. The zero-order valence-corrected chi connectivity index (χ0v) is 13.2. The molecule has 1 aromatic rings. The number of hydrogen-bond donors (Lipinski definition) is 1. The quantitative estimate of drug-likeness (QED) is 0.647. The number of Topliss-reactive ketones (excluding diaryl/α,β-unsaturated/α-hetero) is 1. The lowest BCUT2D eigenvalue weighted by Crippen LogP contribution is -2.45. The third kappa shape index (κ3) is 5.08. The highest BCUT2D eigenvalue weighted by molar-refractivity contribution is 5.97. The number of halogens is 1. The van der Waals surface area contributed by atoms with E-state index in [0.29, 0.717) is 19.6 Å². The number of aliphatic hydroxyl groups excluding tert-OH is 1. The van der Waals surface area contributed by atoms with Gasteiger partial charge >= 0.3 is 0 Å². The molecule has 1 aromatic carbocycles. The van der Waals surface area contributed by atoms with Crippen molar-refractivity contribution < 1.29 is 14.6 Å². The third-order valence-corrected chi connectivity index (χ3v) is 3.84. The molecule has 1 saturated heterocycles. The summed E-state index contributed by atoms with van der Waals surface area (Å²) in [6.07, 6.45) is 0.776. The number of ketones is 1. The van der Waals surface area contributed by atoms with Crippen LogP contribution in [0.3, 0.4) is 0 Å². The Bertz CT molecular complexity index is 427. The van der Waals surface area contributed by atoms with Gasteiger partial charge < -0.3 is 9.84 Å². The van der Waals surface area contributed by atoms with Crippen molar-refractivity contribution in [2.45, 2.75) is 26.0 Å². The van der Waals surface area contributed by atoms with E-state index in [1.807, 2.05) is 42.2 Å². The van der Waals surface area contributed by atoms with Crippen LogP contribution in [0, 0.1) is 5.92 Å². The van der Waals surface area contributed by atoms with Crippen molar-refractivity contribution in [3.8, 4) is 0 Å². The summed E-state index contributed by atoms with van der Waals surface area (Å²) in [6.45, 7) is 4.75. The van der Waals surface area contributed by atoms with Gasteiger partial charge in [0.05, 0.1) is 6.61 Å². The summed E-state index contributed by atoms with van der Waals surface area (Å²) in [5.74, 6) is 0.0739. The maximum atomic E-state index is 12.4. The number of ether oxygens (including phenoxy) is 1. The van der Waals surface area contributed by atoms with E-state index in [9.17, 15) is 9.90 Å². The summed E-state index contributed by atoms with van der Waals surface area (Å²) in [7, 11) is 0. The van der Waals surface area contributed by atoms with Gasteiger partial charge in [0, 0.05) is 31.2 Å².